The minimum atomic E-state index is -4.35. The predicted octanol–water partition coefficient (Wildman–Crippen LogP) is 4.68. The molecule has 0 fully saturated rings. The second-order valence-electron chi connectivity index (χ2n) is 5.99. The third-order valence-electron chi connectivity index (χ3n) is 2.67. The molecule has 0 saturated heterocycles. The van der Waals surface area contributed by atoms with Crippen LogP contribution in [-0.2, 0) is 6.18 Å². The van der Waals surface area contributed by atoms with Gasteiger partial charge in [0.2, 0.25) is 0 Å². The lowest BCUT2D eigenvalue weighted by Crippen LogP contribution is -2.25. The summed E-state index contributed by atoms with van der Waals surface area (Å²) in [7, 11) is 0. The summed E-state index contributed by atoms with van der Waals surface area (Å²) in [5.41, 5.74) is -0.172. The van der Waals surface area contributed by atoms with Gasteiger partial charge in [-0.2, -0.15) is 13.2 Å². The highest BCUT2D eigenvalue weighted by molar-refractivity contribution is 9.10. The van der Waals surface area contributed by atoms with E-state index in [1.54, 1.807) is 0 Å². The fraction of sp³-hybridized carbons (Fsp3) is 0.571. The molecule has 1 aromatic carbocycles. The number of anilines is 1. The summed E-state index contributed by atoms with van der Waals surface area (Å²) in [5, 5.41) is 12.8. The van der Waals surface area contributed by atoms with Gasteiger partial charge in [0.1, 0.15) is 0 Å². The van der Waals surface area contributed by atoms with Crippen molar-refractivity contribution in [2.45, 2.75) is 39.5 Å². The maximum Gasteiger partial charge on any atom is 0.416 e. The summed E-state index contributed by atoms with van der Waals surface area (Å²) in [5.74, 6) is 0. The lowest BCUT2D eigenvalue weighted by atomic mass is 9.89. The van der Waals surface area contributed by atoms with Crippen LogP contribution in [0.2, 0.25) is 0 Å². The lowest BCUT2D eigenvalue weighted by molar-refractivity contribution is -0.137. The van der Waals surface area contributed by atoms with Gasteiger partial charge in [-0.3, -0.25) is 0 Å². The van der Waals surface area contributed by atoms with Crippen LogP contribution in [0.15, 0.2) is 22.7 Å². The number of rotatable bonds is 4. The number of aliphatic hydroxyl groups is 1. The summed E-state index contributed by atoms with van der Waals surface area (Å²) in [6, 6.07) is 3.40. The van der Waals surface area contributed by atoms with Crippen LogP contribution in [0.1, 0.15) is 32.8 Å². The summed E-state index contributed by atoms with van der Waals surface area (Å²) < 4.78 is 37.9. The first-order chi connectivity index (χ1) is 8.99. The Labute approximate surface area is 125 Å². The van der Waals surface area contributed by atoms with Crippen molar-refractivity contribution in [2.24, 2.45) is 5.41 Å². The van der Waals surface area contributed by atoms with E-state index in [-0.39, 0.29) is 5.41 Å². The van der Waals surface area contributed by atoms with Crippen LogP contribution >= 0.6 is 15.9 Å². The van der Waals surface area contributed by atoms with E-state index >= 15 is 0 Å². The molecule has 2 nitrogen and oxygen atoms in total. The van der Waals surface area contributed by atoms with E-state index in [1.165, 1.54) is 6.07 Å². The molecule has 0 aliphatic rings. The largest absolute Gasteiger partial charge is 0.416 e. The van der Waals surface area contributed by atoms with E-state index in [1.807, 2.05) is 20.8 Å². The molecular formula is C14H19BrF3NO. The Morgan fingerprint density at radius 3 is 2.30 bits per heavy atom. The second-order valence-corrected chi connectivity index (χ2v) is 6.85. The Balaban J connectivity index is 2.66. The predicted molar refractivity (Wildman–Crippen MR) is 77.7 cm³/mol. The second kappa shape index (κ2) is 6.35. The summed E-state index contributed by atoms with van der Waals surface area (Å²) in [4.78, 5) is 0. The minimum Gasteiger partial charge on any atom is -0.391 e. The molecule has 0 bridgehead atoms. The van der Waals surface area contributed by atoms with Gasteiger partial charge in [-0.1, -0.05) is 20.8 Å². The lowest BCUT2D eigenvalue weighted by Gasteiger charge is -2.23. The normalized spacial score (nSPS) is 14.2. The van der Waals surface area contributed by atoms with Crippen LogP contribution in [0, 0.1) is 5.41 Å². The average molecular weight is 354 g/mol. The molecule has 6 heteroatoms. The van der Waals surface area contributed by atoms with Crippen LogP contribution in [0.3, 0.4) is 0 Å². The molecule has 1 atom stereocenters. The van der Waals surface area contributed by atoms with Crippen molar-refractivity contribution in [3.63, 3.8) is 0 Å². The monoisotopic (exact) mass is 353 g/mol. The highest BCUT2D eigenvalue weighted by atomic mass is 79.9. The Hall–Kier alpha value is -0.750. The zero-order valence-electron chi connectivity index (χ0n) is 11.7. The van der Waals surface area contributed by atoms with Gasteiger partial charge in [0.25, 0.3) is 0 Å². The molecule has 0 aliphatic heterocycles. The van der Waals surface area contributed by atoms with Gasteiger partial charge in [0.15, 0.2) is 0 Å². The Morgan fingerprint density at radius 1 is 1.25 bits per heavy atom. The SMILES string of the molecule is CC(C)(C)CC(O)CNc1ccc(C(F)(F)F)cc1Br. The fourth-order valence-corrected chi connectivity index (χ4v) is 2.36. The molecule has 20 heavy (non-hydrogen) atoms. The topological polar surface area (TPSA) is 32.3 Å². The van der Waals surface area contributed by atoms with E-state index in [4.69, 9.17) is 0 Å². The average Bonchev–Trinajstić information content (AvgIpc) is 2.23. The van der Waals surface area contributed by atoms with Crippen LogP contribution in [0.25, 0.3) is 0 Å². The Bertz CT molecular complexity index is 455. The zero-order chi connectivity index (χ0) is 15.6. The molecule has 0 heterocycles. The molecule has 2 N–H and O–H groups in total. The van der Waals surface area contributed by atoms with E-state index in [9.17, 15) is 18.3 Å². The molecule has 0 amide bonds. The molecule has 0 aromatic heterocycles. The first kappa shape index (κ1) is 17.3. The van der Waals surface area contributed by atoms with Crippen molar-refractivity contribution in [2.75, 3.05) is 11.9 Å². The maximum absolute atomic E-state index is 12.5. The summed E-state index contributed by atoms with van der Waals surface area (Å²) in [6.07, 6.45) is -4.30. The van der Waals surface area contributed by atoms with Crippen molar-refractivity contribution in [3.05, 3.63) is 28.2 Å². The quantitative estimate of drug-likeness (QED) is 0.823. The number of benzene rings is 1. The standard InChI is InChI=1S/C14H19BrF3NO/c1-13(2,3)7-10(20)8-19-12-5-4-9(6-11(12)15)14(16,17)18/h4-6,10,19-20H,7-8H2,1-3H3. The molecular weight excluding hydrogens is 335 g/mol. The number of nitrogens with one attached hydrogen (secondary N) is 1. The first-order valence-corrected chi connectivity index (χ1v) is 7.07. The first-order valence-electron chi connectivity index (χ1n) is 6.28. The van der Waals surface area contributed by atoms with E-state index in [0.717, 1.165) is 12.1 Å². The van der Waals surface area contributed by atoms with Crippen LogP contribution < -0.4 is 5.32 Å². The van der Waals surface area contributed by atoms with E-state index < -0.39 is 17.8 Å². The van der Waals surface area contributed by atoms with E-state index in [2.05, 4.69) is 21.2 Å². The molecule has 1 aromatic rings. The number of halogens is 4. The number of hydrogen-bond donors (Lipinski definition) is 2. The Kier molecular flexibility index (Phi) is 5.49. The minimum absolute atomic E-state index is 0.00152. The van der Waals surface area contributed by atoms with Gasteiger partial charge in [-0.05, 0) is 46.0 Å². The zero-order valence-corrected chi connectivity index (χ0v) is 13.3. The van der Waals surface area contributed by atoms with Crippen molar-refractivity contribution < 1.29 is 18.3 Å². The number of aliphatic hydroxyl groups excluding tert-OH is 1. The molecule has 1 unspecified atom stereocenters. The van der Waals surface area contributed by atoms with Crippen molar-refractivity contribution in [3.8, 4) is 0 Å². The molecule has 0 radical (unpaired) electrons. The number of hydrogen-bond acceptors (Lipinski definition) is 2. The van der Waals surface area contributed by atoms with E-state index in [0.29, 0.717) is 23.1 Å². The fourth-order valence-electron chi connectivity index (χ4n) is 1.84. The van der Waals surface area contributed by atoms with Crippen LogP contribution in [0.4, 0.5) is 18.9 Å². The third-order valence-corrected chi connectivity index (χ3v) is 3.33. The van der Waals surface area contributed by atoms with Gasteiger partial charge in [0, 0.05) is 16.7 Å². The molecule has 0 spiro atoms. The van der Waals surface area contributed by atoms with Crippen LogP contribution in [-0.4, -0.2) is 17.8 Å². The smallest absolute Gasteiger partial charge is 0.391 e. The molecule has 0 aliphatic carbocycles. The summed E-state index contributed by atoms with van der Waals surface area (Å²) >= 11 is 3.11. The van der Waals surface area contributed by atoms with Gasteiger partial charge in [-0.25, -0.2) is 0 Å². The molecule has 0 saturated carbocycles. The highest BCUT2D eigenvalue weighted by Gasteiger charge is 2.30. The maximum atomic E-state index is 12.5. The van der Waals surface area contributed by atoms with Gasteiger partial charge >= 0.3 is 6.18 Å². The van der Waals surface area contributed by atoms with Crippen LogP contribution in [0.5, 0.6) is 0 Å². The van der Waals surface area contributed by atoms with Gasteiger partial charge in [-0.15, -0.1) is 0 Å². The van der Waals surface area contributed by atoms with Crippen molar-refractivity contribution in [1.82, 2.24) is 0 Å². The molecule has 114 valence electrons. The number of alkyl halides is 3. The van der Waals surface area contributed by atoms with Gasteiger partial charge < -0.3 is 10.4 Å². The highest BCUT2D eigenvalue weighted by Crippen LogP contribution is 2.34. The molecule has 1 rings (SSSR count). The Morgan fingerprint density at radius 2 is 1.85 bits per heavy atom. The van der Waals surface area contributed by atoms with Crippen molar-refractivity contribution >= 4 is 21.6 Å². The van der Waals surface area contributed by atoms with Crippen molar-refractivity contribution in [1.29, 1.82) is 0 Å². The third kappa shape index (κ3) is 5.71. The summed E-state index contributed by atoms with van der Waals surface area (Å²) in [6.45, 7) is 6.35. The van der Waals surface area contributed by atoms with Gasteiger partial charge in [0.05, 0.1) is 11.7 Å².